The Hall–Kier alpha value is -4.35. The van der Waals surface area contributed by atoms with Gasteiger partial charge in [-0.3, -0.25) is 10.1 Å². The molecule has 0 aliphatic rings. The van der Waals surface area contributed by atoms with Crippen molar-refractivity contribution in [2.24, 2.45) is 0 Å². The Kier molecular flexibility index (Phi) is 10.1. The number of nitrogens with zero attached hydrogens (tertiary/aromatic N) is 1. The molecule has 3 rings (SSSR count). The lowest BCUT2D eigenvalue weighted by Crippen LogP contribution is -2.13. The van der Waals surface area contributed by atoms with Gasteiger partial charge in [0.15, 0.2) is 13.4 Å². The van der Waals surface area contributed by atoms with Crippen molar-refractivity contribution in [1.82, 2.24) is 0 Å². The van der Waals surface area contributed by atoms with Crippen LogP contribution < -0.4 is 9.47 Å². The van der Waals surface area contributed by atoms with Crippen molar-refractivity contribution in [1.29, 1.82) is 0 Å². The van der Waals surface area contributed by atoms with Gasteiger partial charge in [-0.2, -0.15) is 0 Å². The van der Waals surface area contributed by atoms with Gasteiger partial charge in [-0.15, -0.1) is 0 Å². The summed E-state index contributed by atoms with van der Waals surface area (Å²) in [6, 6.07) is 14.1. The summed E-state index contributed by atoms with van der Waals surface area (Å²) in [5, 5.41) is 11.0. The van der Waals surface area contributed by atoms with E-state index in [1.807, 2.05) is 32.0 Å². The van der Waals surface area contributed by atoms with Crippen LogP contribution in [0.15, 0.2) is 48.5 Å². The van der Waals surface area contributed by atoms with Gasteiger partial charge in [-0.25, -0.2) is 4.79 Å². The molecule has 8 heteroatoms. The number of carbonyl (C=O) groups excluding carboxylic acids is 1. The lowest BCUT2D eigenvalue weighted by atomic mass is 9.91. The molecule has 0 aliphatic carbocycles. The predicted molar refractivity (Wildman–Crippen MR) is 148 cm³/mol. The Balaban J connectivity index is 2.01. The molecule has 0 aliphatic heterocycles. The zero-order valence-electron chi connectivity index (χ0n) is 23.1. The summed E-state index contributed by atoms with van der Waals surface area (Å²) < 4.78 is 21.4. The van der Waals surface area contributed by atoms with E-state index >= 15 is 0 Å². The van der Waals surface area contributed by atoms with Crippen LogP contribution in [0.2, 0.25) is 0 Å². The van der Waals surface area contributed by atoms with Crippen LogP contribution in [-0.4, -0.2) is 38.5 Å². The number of esters is 1. The van der Waals surface area contributed by atoms with Crippen LogP contribution in [0.25, 0.3) is 0 Å². The molecule has 0 heterocycles. The fourth-order valence-corrected chi connectivity index (χ4v) is 4.14. The van der Waals surface area contributed by atoms with E-state index in [1.54, 1.807) is 19.2 Å². The molecule has 0 spiro atoms. The molecule has 3 aromatic rings. The van der Waals surface area contributed by atoms with E-state index in [2.05, 4.69) is 36.5 Å². The summed E-state index contributed by atoms with van der Waals surface area (Å²) in [5.41, 5.74) is 6.68. The van der Waals surface area contributed by atoms with Gasteiger partial charge in [-0.1, -0.05) is 31.8 Å². The molecule has 204 valence electrons. The van der Waals surface area contributed by atoms with Crippen LogP contribution in [0, 0.1) is 35.8 Å². The molecule has 0 atom stereocenters. The average molecular weight is 532 g/mol. The fourth-order valence-electron chi connectivity index (χ4n) is 4.14. The molecule has 0 N–H and O–H groups in total. The van der Waals surface area contributed by atoms with Gasteiger partial charge in [0, 0.05) is 24.8 Å². The summed E-state index contributed by atoms with van der Waals surface area (Å²) in [6.07, 6.45) is 0.658. The molecule has 3 aromatic carbocycles. The maximum atomic E-state index is 11.5. The van der Waals surface area contributed by atoms with E-state index in [9.17, 15) is 14.9 Å². The summed E-state index contributed by atoms with van der Waals surface area (Å²) in [7, 11) is 2.89. The first kappa shape index (κ1) is 29.2. The SMILES string of the molecule is COCOc1c(C#Cc2ccc([N+](=O)[O-])cc2)cc(Cc2c(C)cc(OCC(=O)OC)cc2C)cc1C(C)C. The van der Waals surface area contributed by atoms with Crippen molar-refractivity contribution >= 4 is 11.7 Å². The molecular formula is C31H33NO7. The average Bonchev–Trinajstić information content (AvgIpc) is 2.91. The van der Waals surface area contributed by atoms with Crippen molar-refractivity contribution in [3.63, 3.8) is 0 Å². The molecule has 0 fully saturated rings. The largest absolute Gasteiger partial charge is 0.482 e. The first-order valence-electron chi connectivity index (χ1n) is 12.5. The van der Waals surface area contributed by atoms with E-state index in [1.165, 1.54) is 19.2 Å². The molecule has 0 unspecified atom stereocenters. The third-order valence-corrected chi connectivity index (χ3v) is 6.18. The number of benzene rings is 3. The third-order valence-electron chi connectivity index (χ3n) is 6.18. The number of hydrogen-bond donors (Lipinski definition) is 0. The van der Waals surface area contributed by atoms with E-state index in [0.717, 1.165) is 27.8 Å². The van der Waals surface area contributed by atoms with Crippen LogP contribution in [0.5, 0.6) is 11.5 Å². The number of rotatable bonds is 10. The Morgan fingerprint density at radius 1 is 0.974 bits per heavy atom. The Bertz CT molecular complexity index is 1380. The summed E-state index contributed by atoms with van der Waals surface area (Å²) in [4.78, 5) is 22.0. The predicted octanol–water partition coefficient (Wildman–Crippen LogP) is 5.86. The number of ether oxygens (including phenoxy) is 4. The summed E-state index contributed by atoms with van der Waals surface area (Å²) in [5.74, 6) is 7.32. The second kappa shape index (κ2) is 13.4. The first-order chi connectivity index (χ1) is 18.6. The minimum Gasteiger partial charge on any atom is -0.482 e. The van der Waals surface area contributed by atoms with Gasteiger partial charge < -0.3 is 18.9 Å². The van der Waals surface area contributed by atoms with E-state index in [0.29, 0.717) is 29.0 Å². The number of hydrogen-bond acceptors (Lipinski definition) is 7. The van der Waals surface area contributed by atoms with Gasteiger partial charge in [0.05, 0.1) is 17.6 Å². The van der Waals surface area contributed by atoms with Crippen molar-refractivity contribution in [3.8, 4) is 23.3 Å². The first-order valence-corrected chi connectivity index (χ1v) is 12.5. The highest BCUT2D eigenvalue weighted by Gasteiger charge is 2.17. The van der Waals surface area contributed by atoms with Crippen LogP contribution in [-0.2, 0) is 20.7 Å². The smallest absolute Gasteiger partial charge is 0.343 e. The number of nitro groups is 1. The molecule has 0 radical (unpaired) electrons. The van der Waals surface area contributed by atoms with Crippen LogP contribution in [0.3, 0.4) is 0 Å². The maximum absolute atomic E-state index is 11.5. The standard InChI is InChI=1S/C31H33NO7/c1-20(2)28-16-24(17-29-21(3)13-27(14-22(29)4)38-18-30(33)37-6)15-25(31(28)39-19-36-5)10-7-23-8-11-26(12-9-23)32(34)35/h8-9,11-16,20H,17-19H2,1-6H3. The van der Waals surface area contributed by atoms with E-state index in [4.69, 9.17) is 14.2 Å². The van der Waals surface area contributed by atoms with Gasteiger partial charge in [0.2, 0.25) is 0 Å². The van der Waals surface area contributed by atoms with Crippen molar-refractivity contribution in [3.05, 3.63) is 97.6 Å². The molecule has 0 amide bonds. The molecular weight excluding hydrogens is 498 g/mol. The normalized spacial score (nSPS) is 10.5. The van der Waals surface area contributed by atoms with E-state index < -0.39 is 10.9 Å². The van der Waals surface area contributed by atoms with Crippen LogP contribution in [0.1, 0.15) is 58.7 Å². The topological polar surface area (TPSA) is 97.1 Å². The highest BCUT2D eigenvalue weighted by Crippen LogP contribution is 2.34. The highest BCUT2D eigenvalue weighted by atomic mass is 16.7. The Morgan fingerprint density at radius 2 is 1.64 bits per heavy atom. The molecule has 39 heavy (non-hydrogen) atoms. The van der Waals surface area contributed by atoms with E-state index in [-0.39, 0.29) is 25.0 Å². The monoisotopic (exact) mass is 531 g/mol. The van der Waals surface area contributed by atoms with Crippen LogP contribution >= 0.6 is 0 Å². The number of non-ortho nitro benzene ring substituents is 1. The van der Waals surface area contributed by atoms with Gasteiger partial charge in [0.1, 0.15) is 11.5 Å². The number of methoxy groups -OCH3 is 2. The second-order valence-electron chi connectivity index (χ2n) is 9.40. The van der Waals surface area contributed by atoms with Crippen LogP contribution in [0.4, 0.5) is 5.69 Å². The summed E-state index contributed by atoms with van der Waals surface area (Å²) >= 11 is 0. The summed E-state index contributed by atoms with van der Waals surface area (Å²) in [6.45, 7) is 8.15. The molecule has 0 aromatic heterocycles. The molecule has 0 bridgehead atoms. The van der Waals surface area contributed by atoms with Crippen molar-refractivity contribution in [2.75, 3.05) is 27.6 Å². The van der Waals surface area contributed by atoms with Gasteiger partial charge in [0.25, 0.3) is 5.69 Å². The number of nitro benzene ring substituents is 1. The lowest BCUT2D eigenvalue weighted by molar-refractivity contribution is -0.384. The Labute approximate surface area is 229 Å². The molecule has 0 saturated heterocycles. The number of carbonyl (C=O) groups is 1. The zero-order valence-corrected chi connectivity index (χ0v) is 23.1. The highest BCUT2D eigenvalue weighted by molar-refractivity contribution is 5.71. The second-order valence-corrected chi connectivity index (χ2v) is 9.40. The third kappa shape index (κ3) is 7.82. The lowest BCUT2D eigenvalue weighted by Gasteiger charge is -2.19. The Morgan fingerprint density at radius 3 is 2.21 bits per heavy atom. The number of aryl methyl sites for hydroxylation is 2. The fraction of sp³-hybridized carbons (Fsp3) is 0.323. The van der Waals surface area contributed by atoms with Crippen molar-refractivity contribution < 1.29 is 28.7 Å². The van der Waals surface area contributed by atoms with Gasteiger partial charge >= 0.3 is 5.97 Å². The maximum Gasteiger partial charge on any atom is 0.343 e. The minimum atomic E-state index is -0.436. The molecule has 8 nitrogen and oxygen atoms in total. The van der Waals surface area contributed by atoms with Gasteiger partial charge in [-0.05, 0) is 84.3 Å². The quantitative estimate of drug-likeness (QED) is 0.106. The molecule has 0 saturated carbocycles. The van der Waals surface area contributed by atoms with Crippen molar-refractivity contribution in [2.45, 2.75) is 40.0 Å². The zero-order chi connectivity index (χ0) is 28.5. The minimum absolute atomic E-state index is 0.0150.